The van der Waals surface area contributed by atoms with Gasteiger partial charge in [0.05, 0.1) is 5.69 Å². The molecule has 0 atom stereocenters. The first-order valence-corrected chi connectivity index (χ1v) is 6.05. The molecule has 0 unspecified atom stereocenters. The minimum absolute atomic E-state index is 0.0186. The minimum atomic E-state index is -0.515. The van der Waals surface area contributed by atoms with Gasteiger partial charge in [0.25, 0.3) is 5.91 Å². The molecule has 19 heavy (non-hydrogen) atoms. The van der Waals surface area contributed by atoms with Crippen molar-refractivity contribution < 1.29 is 9.18 Å². The molecule has 0 saturated heterocycles. The molecule has 2 aromatic rings. The van der Waals surface area contributed by atoms with Gasteiger partial charge >= 0.3 is 0 Å². The molecule has 2 aromatic carbocycles. The highest BCUT2D eigenvalue weighted by Crippen LogP contribution is 2.19. The summed E-state index contributed by atoms with van der Waals surface area (Å²) in [6.45, 7) is 2.41. The summed E-state index contributed by atoms with van der Waals surface area (Å²) in [6.07, 6.45) is 0. The van der Waals surface area contributed by atoms with Crippen LogP contribution < -0.4 is 10.6 Å². The van der Waals surface area contributed by atoms with Gasteiger partial charge in [-0.3, -0.25) is 4.79 Å². The van der Waals surface area contributed by atoms with Crippen LogP contribution in [0.15, 0.2) is 48.5 Å². The van der Waals surface area contributed by atoms with E-state index in [4.69, 9.17) is 5.73 Å². The molecule has 1 amide bonds. The SMILES string of the molecule is CCN(C(=O)c1ccc(F)c(N)c1)c1ccccc1. The largest absolute Gasteiger partial charge is 0.396 e. The summed E-state index contributed by atoms with van der Waals surface area (Å²) in [5.74, 6) is -0.709. The zero-order valence-electron chi connectivity index (χ0n) is 10.6. The van der Waals surface area contributed by atoms with Crippen molar-refractivity contribution in [3.05, 3.63) is 59.9 Å². The van der Waals surface area contributed by atoms with Crippen LogP contribution >= 0.6 is 0 Å². The zero-order chi connectivity index (χ0) is 13.8. The number of hydrogen-bond donors (Lipinski definition) is 1. The van der Waals surface area contributed by atoms with Crippen LogP contribution in [0.25, 0.3) is 0 Å². The van der Waals surface area contributed by atoms with Gasteiger partial charge in [0.1, 0.15) is 5.82 Å². The number of para-hydroxylation sites is 1. The molecule has 0 aliphatic carbocycles. The summed E-state index contributed by atoms with van der Waals surface area (Å²) in [5.41, 5.74) is 6.66. The van der Waals surface area contributed by atoms with Crippen LogP contribution in [0.1, 0.15) is 17.3 Å². The van der Waals surface area contributed by atoms with Crippen LogP contribution in [0.3, 0.4) is 0 Å². The first-order chi connectivity index (χ1) is 9.13. The van der Waals surface area contributed by atoms with E-state index in [2.05, 4.69) is 0 Å². The number of rotatable bonds is 3. The molecule has 0 aliphatic rings. The number of nitrogens with two attached hydrogens (primary N) is 1. The number of carbonyl (C=O) groups excluding carboxylic acids is 1. The number of benzene rings is 2. The minimum Gasteiger partial charge on any atom is -0.396 e. The monoisotopic (exact) mass is 258 g/mol. The maximum absolute atomic E-state index is 13.1. The number of amides is 1. The van der Waals surface area contributed by atoms with E-state index < -0.39 is 5.82 Å². The van der Waals surface area contributed by atoms with Crippen molar-refractivity contribution >= 4 is 17.3 Å². The number of nitrogen functional groups attached to an aromatic ring is 1. The van der Waals surface area contributed by atoms with E-state index in [1.54, 1.807) is 4.90 Å². The molecule has 0 saturated carbocycles. The van der Waals surface area contributed by atoms with Gasteiger partial charge in [-0.25, -0.2) is 4.39 Å². The molecule has 4 heteroatoms. The lowest BCUT2D eigenvalue weighted by Crippen LogP contribution is -2.30. The average Bonchev–Trinajstić information content (AvgIpc) is 2.44. The molecule has 98 valence electrons. The number of hydrogen-bond acceptors (Lipinski definition) is 2. The Hall–Kier alpha value is -2.36. The standard InChI is InChI=1S/C15H15FN2O/c1-2-18(12-6-4-3-5-7-12)15(19)11-8-9-13(16)14(17)10-11/h3-10H,2,17H2,1H3. The average molecular weight is 258 g/mol. The Morgan fingerprint density at radius 2 is 1.89 bits per heavy atom. The third-order valence-corrected chi connectivity index (χ3v) is 2.87. The molecule has 0 radical (unpaired) electrons. The molecule has 2 rings (SSSR count). The summed E-state index contributed by atoms with van der Waals surface area (Å²) >= 11 is 0. The summed E-state index contributed by atoms with van der Waals surface area (Å²) in [4.78, 5) is 14.0. The number of nitrogens with zero attached hydrogens (tertiary/aromatic N) is 1. The van der Waals surface area contributed by atoms with Gasteiger partial charge in [-0.15, -0.1) is 0 Å². The lowest BCUT2D eigenvalue weighted by Gasteiger charge is -2.21. The van der Waals surface area contributed by atoms with Crippen LogP contribution in [0.5, 0.6) is 0 Å². The molecule has 0 fully saturated rings. The van der Waals surface area contributed by atoms with Gasteiger partial charge in [-0.05, 0) is 37.3 Å². The highest BCUT2D eigenvalue weighted by atomic mass is 19.1. The van der Waals surface area contributed by atoms with Crippen molar-refractivity contribution in [2.45, 2.75) is 6.92 Å². The topological polar surface area (TPSA) is 46.3 Å². The summed E-state index contributed by atoms with van der Waals surface area (Å²) in [7, 11) is 0. The summed E-state index contributed by atoms with van der Waals surface area (Å²) < 4.78 is 13.1. The lowest BCUT2D eigenvalue weighted by atomic mass is 10.1. The third-order valence-electron chi connectivity index (χ3n) is 2.87. The van der Waals surface area contributed by atoms with Crippen molar-refractivity contribution in [3.63, 3.8) is 0 Å². The maximum Gasteiger partial charge on any atom is 0.258 e. The normalized spacial score (nSPS) is 10.2. The molecular weight excluding hydrogens is 243 g/mol. The van der Waals surface area contributed by atoms with E-state index >= 15 is 0 Å². The van der Waals surface area contributed by atoms with Crippen molar-refractivity contribution in [2.75, 3.05) is 17.2 Å². The third kappa shape index (κ3) is 2.73. The van der Waals surface area contributed by atoms with Crippen LogP contribution in [0.4, 0.5) is 15.8 Å². The fourth-order valence-corrected chi connectivity index (χ4v) is 1.88. The first-order valence-electron chi connectivity index (χ1n) is 6.05. The second-order valence-corrected chi connectivity index (χ2v) is 4.12. The van der Waals surface area contributed by atoms with Crippen molar-refractivity contribution in [2.24, 2.45) is 0 Å². The Labute approximate surface area is 111 Å². The van der Waals surface area contributed by atoms with E-state index in [0.717, 1.165) is 5.69 Å². The Bertz CT molecular complexity index is 584. The van der Waals surface area contributed by atoms with Gasteiger partial charge in [0.2, 0.25) is 0 Å². The van der Waals surface area contributed by atoms with Crippen LogP contribution in [-0.2, 0) is 0 Å². The number of anilines is 2. The van der Waals surface area contributed by atoms with Crippen LogP contribution in [0.2, 0.25) is 0 Å². The van der Waals surface area contributed by atoms with Crippen molar-refractivity contribution in [1.29, 1.82) is 0 Å². The second-order valence-electron chi connectivity index (χ2n) is 4.12. The highest BCUT2D eigenvalue weighted by Gasteiger charge is 2.16. The summed E-state index contributed by atoms with van der Waals surface area (Å²) in [5, 5.41) is 0. The summed E-state index contributed by atoms with van der Waals surface area (Å²) in [6, 6.07) is 13.3. The van der Waals surface area contributed by atoms with E-state index in [1.165, 1.54) is 18.2 Å². The van der Waals surface area contributed by atoms with Gasteiger partial charge < -0.3 is 10.6 Å². The fourth-order valence-electron chi connectivity index (χ4n) is 1.88. The van der Waals surface area contributed by atoms with Gasteiger partial charge in [-0.1, -0.05) is 18.2 Å². The fraction of sp³-hybridized carbons (Fsp3) is 0.133. The van der Waals surface area contributed by atoms with Gasteiger partial charge in [0.15, 0.2) is 0 Å². The molecule has 0 heterocycles. The van der Waals surface area contributed by atoms with E-state index in [0.29, 0.717) is 12.1 Å². The molecule has 0 spiro atoms. The molecule has 0 aliphatic heterocycles. The van der Waals surface area contributed by atoms with E-state index in [-0.39, 0.29) is 11.6 Å². The van der Waals surface area contributed by atoms with Gasteiger partial charge in [0, 0.05) is 17.8 Å². The molecule has 2 N–H and O–H groups in total. The first kappa shape index (κ1) is 13.1. The molecular formula is C15H15FN2O. The number of halogens is 1. The van der Waals surface area contributed by atoms with E-state index in [1.807, 2.05) is 37.3 Å². The molecule has 0 bridgehead atoms. The quantitative estimate of drug-likeness (QED) is 0.860. The second kappa shape index (κ2) is 5.52. The Morgan fingerprint density at radius 3 is 2.47 bits per heavy atom. The maximum atomic E-state index is 13.1. The number of carbonyl (C=O) groups is 1. The Kier molecular flexibility index (Phi) is 3.80. The predicted molar refractivity (Wildman–Crippen MR) is 74.6 cm³/mol. The van der Waals surface area contributed by atoms with Crippen molar-refractivity contribution in [1.82, 2.24) is 0 Å². The predicted octanol–water partition coefficient (Wildman–Crippen LogP) is 3.07. The Balaban J connectivity index is 2.33. The van der Waals surface area contributed by atoms with Crippen LogP contribution in [-0.4, -0.2) is 12.5 Å². The highest BCUT2D eigenvalue weighted by molar-refractivity contribution is 6.06. The molecule has 3 nitrogen and oxygen atoms in total. The Morgan fingerprint density at radius 1 is 1.21 bits per heavy atom. The van der Waals surface area contributed by atoms with E-state index in [9.17, 15) is 9.18 Å². The smallest absolute Gasteiger partial charge is 0.258 e. The molecule has 0 aromatic heterocycles. The lowest BCUT2D eigenvalue weighted by molar-refractivity contribution is 0.0988. The van der Waals surface area contributed by atoms with Crippen molar-refractivity contribution in [3.8, 4) is 0 Å². The van der Waals surface area contributed by atoms with Gasteiger partial charge in [-0.2, -0.15) is 0 Å². The zero-order valence-corrected chi connectivity index (χ0v) is 10.6. The van der Waals surface area contributed by atoms with Crippen LogP contribution in [0, 0.1) is 5.82 Å².